The second kappa shape index (κ2) is 4.52. The Bertz CT molecular complexity index is 395. The first-order valence-corrected chi connectivity index (χ1v) is 5.43. The molecule has 2 rings (SSSR count). The molecule has 1 saturated heterocycles. The molecule has 1 unspecified atom stereocenters. The lowest BCUT2D eigenvalue weighted by atomic mass is 10.1. The second-order valence-electron chi connectivity index (χ2n) is 4.14. The molecule has 3 nitrogen and oxygen atoms in total. The van der Waals surface area contributed by atoms with E-state index in [4.69, 9.17) is 0 Å². The Morgan fingerprint density at radius 1 is 1.41 bits per heavy atom. The summed E-state index contributed by atoms with van der Waals surface area (Å²) in [6.07, 6.45) is -2.24. The molecule has 0 radical (unpaired) electrons. The van der Waals surface area contributed by atoms with E-state index in [1.807, 2.05) is 0 Å². The van der Waals surface area contributed by atoms with Crippen LogP contribution in [0.1, 0.15) is 18.4 Å². The van der Waals surface area contributed by atoms with Crippen molar-refractivity contribution in [2.45, 2.75) is 25.1 Å². The molecule has 94 valence electrons. The van der Waals surface area contributed by atoms with Crippen LogP contribution in [-0.4, -0.2) is 29.3 Å². The SMILES string of the molecule is OC1CCCN(c2cc(C(F)(F)F)ccn2)C1. The topological polar surface area (TPSA) is 36.4 Å². The fourth-order valence-corrected chi connectivity index (χ4v) is 1.93. The summed E-state index contributed by atoms with van der Waals surface area (Å²) in [6, 6.07) is 1.97. The summed E-state index contributed by atoms with van der Waals surface area (Å²) in [6.45, 7) is 0.972. The predicted octanol–water partition coefficient (Wildman–Crippen LogP) is 2.06. The van der Waals surface area contributed by atoms with Crippen molar-refractivity contribution in [3.8, 4) is 0 Å². The van der Waals surface area contributed by atoms with Crippen LogP contribution in [0.2, 0.25) is 0 Å². The maximum absolute atomic E-state index is 12.5. The highest BCUT2D eigenvalue weighted by Crippen LogP contribution is 2.31. The Balaban J connectivity index is 2.21. The molecule has 0 saturated carbocycles. The molecule has 2 heterocycles. The van der Waals surface area contributed by atoms with Crippen molar-refractivity contribution in [2.75, 3.05) is 18.0 Å². The van der Waals surface area contributed by atoms with Crippen molar-refractivity contribution in [1.29, 1.82) is 0 Å². The molecule has 1 atom stereocenters. The number of nitrogens with zero attached hydrogens (tertiary/aromatic N) is 2. The van der Waals surface area contributed by atoms with Crippen molar-refractivity contribution in [1.82, 2.24) is 4.98 Å². The van der Waals surface area contributed by atoms with Crippen LogP contribution in [0.3, 0.4) is 0 Å². The zero-order chi connectivity index (χ0) is 12.5. The Hall–Kier alpha value is -1.30. The number of aliphatic hydroxyl groups is 1. The zero-order valence-corrected chi connectivity index (χ0v) is 9.11. The molecule has 0 aromatic carbocycles. The van der Waals surface area contributed by atoms with Crippen molar-refractivity contribution in [3.05, 3.63) is 23.9 Å². The van der Waals surface area contributed by atoms with Crippen LogP contribution in [0.25, 0.3) is 0 Å². The number of β-amino-alcohol motifs (C(OH)–C–C–N with tert-alkyl or cyclic N) is 1. The average Bonchev–Trinajstić information content (AvgIpc) is 2.28. The van der Waals surface area contributed by atoms with Gasteiger partial charge in [-0.2, -0.15) is 13.2 Å². The van der Waals surface area contributed by atoms with E-state index >= 15 is 0 Å². The highest BCUT2D eigenvalue weighted by atomic mass is 19.4. The van der Waals surface area contributed by atoms with Crippen LogP contribution in [0.5, 0.6) is 0 Å². The molecular weight excluding hydrogens is 233 g/mol. The van der Waals surface area contributed by atoms with Crippen LogP contribution < -0.4 is 4.90 Å². The molecule has 0 aliphatic carbocycles. The zero-order valence-electron chi connectivity index (χ0n) is 9.11. The first-order valence-electron chi connectivity index (χ1n) is 5.43. The molecule has 0 amide bonds. The summed E-state index contributed by atoms with van der Waals surface area (Å²) in [5.74, 6) is 0.276. The minimum absolute atomic E-state index is 0.276. The summed E-state index contributed by atoms with van der Waals surface area (Å²) in [5.41, 5.74) is -0.706. The van der Waals surface area contributed by atoms with E-state index in [0.29, 0.717) is 19.5 Å². The highest BCUT2D eigenvalue weighted by Gasteiger charge is 2.31. The summed E-state index contributed by atoms with van der Waals surface area (Å²) in [7, 11) is 0. The van der Waals surface area contributed by atoms with Gasteiger partial charge >= 0.3 is 6.18 Å². The van der Waals surface area contributed by atoms with E-state index in [-0.39, 0.29) is 5.82 Å². The third kappa shape index (κ3) is 2.88. The van der Waals surface area contributed by atoms with Crippen molar-refractivity contribution in [3.63, 3.8) is 0 Å². The van der Waals surface area contributed by atoms with Gasteiger partial charge in [0.1, 0.15) is 5.82 Å². The first kappa shape index (κ1) is 12.2. The van der Waals surface area contributed by atoms with E-state index in [2.05, 4.69) is 4.98 Å². The number of anilines is 1. The maximum Gasteiger partial charge on any atom is 0.416 e. The average molecular weight is 246 g/mol. The number of aliphatic hydroxyl groups excluding tert-OH is 1. The number of hydrogen-bond donors (Lipinski definition) is 1. The number of pyridine rings is 1. The molecule has 1 aromatic heterocycles. The third-order valence-corrected chi connectivity index (χ3v) is 2.79. The Kier molecular flexibility index (Phi) is 3.24. The maximum atomic E-state index is 12.5. The van der Waals surface area contributed by atoms with Gasteiger partial charge in [0.05, 0.1) is 11.7 Å². The Labute approximate surface area is 96.9 Å². The van der Waals surface area contributed by atoms with E-state index in [0.717, 1.165) is 24.8 Å². The number of halogens is 3. The van der Waals surface area contributed by atoms with E-state index in [1.165, 1.54) is 0 Å². The van der Waals surface area contributed by atoms with E-state index in [1.54, 1.807) is 4.90 Å². The largest absolute Gasteiger partial charge is 0.416 e. The van der Waals surface area contributed by atoms with Gasteiger partial charge in [0.25, 0.3) is 0 Å². The van der Waals surface area contributed by atoms with Crippen molar-refractivity contribution >= 4 is 5.82 Å². The normalized spacial score (nSPS) is 21.6. The quantitative estimate of drug-likeness (QED) is 0.824. The Morgan fingerprint density at radius 3 is 2.82 bits per heavy atom. The summed E-state index contributed by atoms with van der Waals surface area (Å²) >= 11 is 0. The van der Waals surface area contributed by atoms with E-state index in [9.17, 15) is 18.3 Å². The number of rotatable bonds is 1. The fourth-order valence-electron chi connectivity index (χ4n) is 1.93. The molecule has 0 spiro atoms. The summed E-state index contributed by atoms with van der Waals surface area (Å²) in [5, 5.41) is 9.48. The molecular formula is C11H13F3N2O. The second-order valence-corrected chi connectivity index (χ2v) is 4.14. The van der Waals surface area contributed by atoms with Gasteiger partial charge in [-0.05, 0) is 25.0 Å². The lowest BCUT2D eigenvalue weighted by Gasteiger charge is -2.31. The Morgan fingerprint density at radius 2 is 2.18 bits per heavy atom. The molecule has 6 heteroatoms. The molecule has 1 aliphatic heterocycles. The van der Waals surface area contributed by atoms with Gasteiger partial charge in [-0.15, -0.1) is 0 Å². The minimum Gasteiger partial charge on any atom is -0.391 e. The number of alkyl halides is 3. The smallest absolute Gasteiger partial charge is 0.391 e. The van der Waals surface area contributed by atoms with Gasteiger partial charge in [-0.3, -0.25) is 0 Å². The molecule has 1 fully saturated rings. The number of piperidine rings is 1. The van der Waals surface area contributed by atoms with Crippen molar-refractivity contribution < 1.29 is 18.3 Å². The van der Waals surface area contributed by atoms with Crippen LogP contribution >= 0.6 is 0 Å². The van der Waals surface area contributed by atoms with Crippen LogP contribution in [0, 0.1) is 0 Å². The molecule has 1 aliphatic rings. The summed E-state index contributed by atoms with van der Waals surface area (Å²) < 4.78 is 37.5. The first-order chi connectivity index (χ1) is 7.97. The van der Waals surface area contributed by atoms with Gasteiger partial charge in [-0.1, -0.05) is 0 Å². The number of hydrogen-bond acceptors (Lipinski definition) is 3. The molecule has 1 aromatic rings. The van der Waals surface area contributed by atoms with Gasteiger partial charge < -0.3 is 10.0 Å². The molecule has 17 heavy (non-hydrogen) atoms. The van der Waals surface area contributed by atoms with Crippen LogP contribution in [0.15, 0.2) is 18.3 Å². The molecule has 1 N–H and O–H groups in total. The minimum atomic E-state index is -4.36. The van der Waals surface area contributed by atoms with Gasteiger partial charge in [0, 0.05) is 19.3 Å². The van der Waals surface area contributed by atoms with Gasteiger partial charge in [-0.25, -0.2) is 4.98 Å². The van der Waals surface area contributed by atoms with Gasteiger partial charge in [0.15, 0.2) is 0 Å². The monoisotopic (exact) mass is 246 g/mol. The molecule has 0 bridgehead atoms. The van der Waals surface area contributed by atoms with Gasteiger partial charge in [0.2, 0.25) is 0 Å². The fraction of sp³-hybridized carbons (Fsp3) is 0.545. The third-order valence-electron chi connectivity index (χ3n) is 2.79. The number of aromatic nitrogens is 1. The van der Waals surface area contributed by atoms with Crippen LogP contribution in [0.4, 0.5) is 19.0 Å². The standard InChI is InChI=1S/C11H13F3N2O/c12-11(13,14)8-3-4-15-10(6-8)16-5-1-2-9(17)7-16/h3-4,6,9,17H,1-2,5,7H2. The van der Waals surface area contributed by atoms with Crippen LogP contribution in [-0.2, 0) is 6.18 Å². The van der Waals surface area contributed by atoms with E-state index < -0.39 is 17.8 Å². The lowest BCUT2D eigenvalue weighted by molar-refractivity contribution is -0.137. The lowest BCUT2D eigenvalue weighted by Crippen LogP contribution is -2.38. The predicted molar refractivity (Wildman–Crippen MR) is 56.7 cm³/mol. The highest BCUT2D eigenvalue weighted by molar-refractivity contribution is 5.42. The summed E-state index contributed by atoms with van der Waals surface area (Å²) in [4.78, 5) is 5.61. The van der Waals surface area contributed by atoms with Crippen molar-refractivity contribution in [2.24, 2.45) is 0 Å².